The van der Waals surface area contributed by atoms with E-state index in [-0.39, 0.29) is 17.4 Å². The smallest absolute Gasteiger partial charge is 0.0431 e. The Morgan fingerprint density at radius 2 is 2.00 bits per heavy atom. The van der Waals surface area contributed by atoms with Gasteiger partial charge in [0.2, 0.25) is 0 Å². The van der Waals surface area contributed by atoms with Gasteiger partial charge < -0.3 is 4.90 Å². The Morgan fingerprint density at radius 1 is 1.38 bits per heavy atom. The molecule has 78 valence electrons. The number of nitrogens with zero attached hydrogens (tertiary/aromatic N) is 1. The Balaban J connectivity index is 3.10. The lowest BCUT2D eigenvalue weighted by atomic mass is 9.75. The van der Waals surface area contributed by atoms with Crippen molar-refractivity contribution in [1.82, 2.24) is 4.90 Å². The molecule has 1 fully saturated rings. The summed E-state index contributed by atoms with van der Waals surface area (Å²) in [5.41, 5.74) is -0.208. The third kappa shape index (κ3) is 2.98. The van der Waals surface area contributed by atoms with Crippen molar-refractivity contribution in [1.29, 1.82) is 0 Å². The highest BCUT2D eigenvalue weighted by molar-refractivity contribution is 4.81. The van der Waals surface area contributed by atoms with E-state index in [9.17, 15) is 0 Å². The summed E-state index contributed by atoms with van der Waals surface area (Å²) in [6.07, 6.45) is -1.10. The monoisotopic (exact) mass is 187 g/mol. The fourth-order valence-electron chi connectivity index (χ4n) is 1.59. The molecule has 0 aromatic rings. The molecule has 0 N–H and O–H groups in total. The maximum atomic E-state index is 8.22. The van der Waals surface area contributed by atoms with Crippen LogP contribution >= 0.6 is 0 Å². The molecule has 1 nitrogen and oxygen atoms in total. The van der Waals surface area contributed by atoms with E-state index in [0.29, 0.717) is 13.0 Å². The Hall–Kier alpha value is -0.0400. The molecule has 0 spiro atoms. The standard InChI is InChI=1S/C12H25N/c1-10(2)13-8-6-11(7-9-13)12(3,4)5/h10-11H,6-9H2,1-5H3/i6D2,8D2. The van der Waals surface area contributed by atoms with Gasteiger partial charge in [0.15, 0.2) is 0 Å². The van der Waals surface area contributed by atoms with Crippen LogP contribution in [0.2, 0.25) is 0 Å². The van der Waals surface area contributed by atoms with E-state index in [2.05, 4.69) is 0 Å². The maximum Gasteiger partial charge on any atom is 0.0431 e. The van der Waals surface area contributed by atoms with Gasteiger partial charge in [0.1, 0.15) is 0 Å². The predicted molar refractivity (Wildman–Crippen MR) is 58.9 cm³/mol. The Morgan fingerprint density at radius 3 is 2.46 bits per heavy atom. The summed E-state index contributed by atoms with van der Waals surface area (Å²) in [5, 5.41) is 0. The molecule has 0 bridgehead atoms. The molecular weight excluding hydrogens is 158 g/mol. The Bertz CT molecular complexity index is 281. The van der Waals surface area contributed by atoms with E-state index in [4.69, 9.17) is 5.48 Å². The van der Waals surface area contributed by atoms with Gasteiger partial charge in [-0.25, -0.2) is 0 Å². The van der Waals surface area contributed by atoms with Crippen LogP contribution in [0.15, 0.2) is 0 Å². The second kappa shape index (κ2) is 4.00. The number of hydrogen-bond acceptors (Lipinski definition) is 1. The van der Waals surface area contributed by atoms with Crippen molar-refractivity contribution in [3.05, 3.63) is 0 Å². The minimum atomic E-state index is -1.89. The summed E-state index contributed by atoms with van der Waals surface area (Å²) in [4.78, 5) is 1.65. The quantitative estimate of drug-likeness (QED) is 0.609. The molecule has 0 radical (unpaired) electrons. The summed E-state index contributed by atoms with van der Waals surface area (Å²) < 4.78 is 32.7. The summed E-state index contributed by atoms with van der Waals surface area (Å²) in [6, 6.07) is 0.0287. The lowest BCUT2D eigenvalue weighted by Gasteiger charge is -2.40. The van der Waals surface area contributed by atoms with Gasteiger partial charge in [0.05, 0.1) is 0 Å². The van der Waals surface area contributed by atoms with E-state index in [1.807, 2.05) is 34.6 Å². The van der Waals surface area contributed by atoms with E-state index in [1.54, 1.807) is 4.90 Å². The fourth-order valence-corrected chi connectivity index (χ4v) is 1.59. The number of likely N-dealkylation sites (tertiary alicyclic amines) is 1. The molecule has 1 saturated heterocycles. The molecule has 0 aromatic heterocycles. The van der Waals surface area contributed by atoms with Gasteiger partial charge in [-0.15, -0.1) is 0 Å². The van der Waals surface area contributed by atoms with Crippen LogP contribution in [-0.4, -0.2) is 24.0 Å². The van der Waals surface area contributed by atoms with Gasteiger partial charge in [0.25, 0.3) is 0 Å². The second-order valence-electron chi connectivity index (χ2n) is 5.25. The Kier molecular flexibility index (Phi) is 1.98. The lowest BCUT2D eigenvalue weighted by Crippen LogP contribution is -2.41. The highest BCUT2D eigenvalue weighted by atomic mass is 15.1. The highest BCUT2D eigenvalue weighted by Gasteiger charge is 2.29. The summed E-state index contributed by atoms with van der Waals surface area (Å²) in [7, 11) is 0. The van der Waals surface area contributed by atoms with Crippen molar-refractivity contribution < 1.29 is 5.48 Å². The maximum absolute atomic E-state index is 8.22. The summed E-state index contributed by atoms with van der Waals surface area (Å²) >= 11 is 0. The molecule has 1 atom stereocenters. The van der Waals surface area contributed by atoms with Crippen molar-refractivity contribution in [2.45, 2.75) is 53.5 Å². The first-order valence-electron chi connectivity index (χ1n) is 7.19. The van der Waals surface area contributed by atoms with Crippen molar-refractivity contribution in [3.8, 4) is 0 Å². The summed E-state index contributed by atoms with van der Waals surface area (Å²) in [6.45, 7) is 8.57. The average molecular weight is 187 g/mol. The van der Waals surface area contributed by atoms with Crippen LogP contribution in [0.5, 0.6) is 0 Å². The van der Waals surface area contributed by atoms with Gasteiger partial charge in [-0.3, -0.25) is 0 Å². The SMILES string of the molecule is [2H]C1([2H])C(C(C)(C)C)CCN(C(C)C)C1([2H])[2H]. The van der Waals surface area contributed by atoms with Crippen LogP contribution in [0.1, 0.15) is 52.9 Å². The summed E-state index contributed by atoms with van der Waals surface area (Å²) in [5.74, 6) is -0.250. The molecule has 1 heteroatoms. The highest BCUT2D eigenvalue weighted by Crippen LogP contribution is 2.34. The number of piperidine rings is 1. The molecule has 1 rings (SSSR count). The fraction of sp³-hybridized carbons (Fsp3) is 1.00. The van der Waals surface area contributed by atoms with Gasteiger partial charge in [-0.05, 0) is 51.0 Å². The molecule has 13 heavy (non-hydrogen) atoms. The topological polar surface area (TPSA) is 3.24 Å². The first kappa shape index (κ1) is 6.44. The minimum absolute atomic E-state index is 0.0287. The number of rotatable bonds is 1. The third-order valence-corrected chi connectivity index (χ3v) is 2.71. The van der Waals surface area contributed by atoms with Crippen LogP contribution in [-0.2, 0) is 0 Å². The number of hydrogen-bond donors (Lipinski definition) is 0. The van der Waals surface area contributed by atoms with E-state index >= 15 is 0 Å². The van der Waals surface area contributed by atoms with Crippen LogP contribution in [0.3, 0.4) is 0 Å². The molecule has 1 aliphatic rings. The minimum Gasteiger partial charge on any atom is -0.301 e. The van der Waals surface area contributed by atoms with Gasteiger partial charge in [-0.2, -0.15) is 0 Å². The van der Waals surface area contributed by atoms with Gasteiger partial charge in [-0.1, -0.05) is 20.8 Å². The van der Waals surface area contributed by atoms with E-state index in [0.717, 1.165) is 0 Å². The molecule has 1 aliphatic heterocycles. The molecule has 0 aliphatic carbocycles. The van der Waals surface area contributed by atoms with Crippen LogP contribution in [0.4, 0.5) is 0 Å². The largest absolute Gasteiger partial charge is 0.301 e. The molecule has 0 amide bonds. The normalized spacial score (nSPS) is 39.1. The lowest BCUT2D eigenvalue weighted by molar-refractivity contribution is 0.0930. The second-order valence-corrected chi connectivity index (χ2v) is 5.25. The van der Waals surface area contributed by atoms with Crippen LogP contribution < -0.4 is 0 Å². The molecule has 1 unspecified atom stereocenters. The predicted octanol–water partition coefficient (Wildman–Crippen LogP) is 3.15. The molecule has 0 aromatic carbocycles. The van der Waals surface area contributed by atoms with Crippen molar-refractivity contribution in [3.63, 3.8) is 0 Å². The first-order valence-corrected chi connectivity index (χ1v) is 5.19. The van der Waals surface area contributed by atoms with Crippen LogP contribution in [0, 0.1) is 11.3 Å². The van der Waals surface area contributed by atoms with E-state index < -0.39 is 12.9 Å². The van der Waals surface area contributed by atoms with Crippen LogP contribution in [0.25, 0.3) is 0 Å². The Labute approximate surface area is 89.1 Å². The third-order valence-electron chi connectivity index (χ3n) is 2.71. The van der Waals surface area contributed by atoms with Crippen molar-refractivity contribution in [2.75, 3.05) is 13.0 Å². The zero-order valence-electron chi connectivity index (χ0n) is 13.5. The average Bonchev–Trinajstić information content (AvgIpc) is 2.06. The van der Waals surface area contributed by atoms with Crippen molar-refractivity contribution >= 4 is 0 Å². The van der Waals surface area contributed by atoms with Gasteiger partial charge >= 0.3 is 0 Å². The first-order chi connectivity index (χ1) is 7.42. The van der Waals surface area contributed by atoms with Crippen molar-refractivity contribution in [2.24, 2.45) is 11.3 Å². The van der Waals surface area contributed by atoms with E-state index in [1.165, 1.54) is 0 Å². The molecular formula is C12H25N. The molecule has 0 saturated carbocycles. The zero-order valence-corrected chi connectivity index (χ0v) is 9.52. The molecule has 1 heterocycles. The van der Waals surface area contributed by atoms with Gasteiger partial charge in [0, 0.05) is 11.5 Å². The zero-order chi connectivity index (χ0) is 13.6.